The molecule has 1 aliphatic carbocycles. The number of hydrogen-bond acceptors (Lipinski definition) is 3. The fraction of sp³-hybridized carbons (Fsp3) is 0.533. The predicted molar refractivity (Wildman–Crippen MR) is 85.3 cm³/mol. The molecule has 0 bridgehead atoms. The standard InChI is InChI=1S/C15H19BrN2OS/c1-9(2)18-14(12(16)8-17-18)15(19)11-4-3-5-13-10(11)6-7-20-13/h6-9,11,15,19H,3-5H2,1-2H3. The number of nitrogens with zero attached hydrogens (tertiary/aromatic N) is 2. The second kappa shape index (κ2) is 5.62. The third-order valence-corrected chi connectivity index (χ3v) is 5.64. The lowest BCUT2D eigenvalue weighted by atomic mass is 9.82. The highest BCUT2D eigenvalue weighted by molar-refractivity contribution is 9.10. The lowest BCUT2D eigenvalue weighted by Gasteiger charge is -2.28. The molecule has 0 aromatic carbocycles. The zero-order valence-electron chi connectivity index (χ0n) is 11.7. The van der Waals surface area contributed by atoms with E-state index in [1.165, 1.54) is 10.4 Å². The molecule has 0 spiro atoms. The summed E-state index contributed by atoms with van der Waals surface area (Å²) in [5, 5.41) is 17.5. The molecule has 3 nitrogen and oxygen atoms in total. The fourth-order valence-electron chi connectivity index (χ4n) is 3.08. The minimum absolute atomic E-state index is 0.190. The van der Waals surface area contributed by atoms with E-state index >= 15 is 0 Å². The van der Waals surface area contributed by atoms with Crippen molar-refractivity contribution in [3.8, 4) is 0 Å². The van der Waals surface area contributed by atoms with Crippen LogP contribution in [0.15, 0.2) is 22.1 Å². The van der Waals surface area contributed by atoms with Gasteiger partial charge in [-0.2, -0.15) is 5.10 Å². The van der Waals surface area contributed by atoms with E-state index in [9.17, 15) is 5.11 Å². The lowest BCUT2D eigenvalue weighted by Crippen LogP contribution is -2.20. The van der Waals surface area contributed by atoms with Crippen molar-refractivity contribution < 1.29 is 5.11 Å². The van der Waals surface area contributed by atoms with Crippen LogP contribution in [-0.2, 0) is 6.42 Å². The molecular formula is C15H19BrN2OS. The van der Waals surface area contributed by atoms with Gasteiger partial charge in [0, 0.05) is 16.8 Å². The zero-order valence-corrected chi connectivity index (χ0v) is 14.1. The van der Waals surface area contributed by atoms with Gasteiger partial charge in [0.1, 0.15) is 6.10 Å². The quantitative estimate of drug-likeness (QED) is 0.884. The predicted octanol–water partition coefficient (Wildman–Crippen LogP) is 4.44. The maximum Gasteiger partial charge on any atom is 0.104 e. The number of hydrogen-bond donors (Lipinski definition) is 1. The highest BCUT2D eigenvalue weighted by Gasteiger charge is 2.32. The van der Waals surface area contributed by atoms with Crippen LogP contribution < -0.4 is 0 Å². The Hall–Kier alpha value is -0.650. The van der Waals surface area contributed by atoms with E-state index in [0.29, 0.717) is 0 Å². The summed E-state index contributed by atoms with van der Waals surface area (Å²) >= 11 is 5.36. The third-order valence-electron chi connectivity index (χ3n) is 4.04. The van der Waals surface area contributed by atoms with Crippen molar-refractivity contribution >= 4 is 27.3 Å². The first-order chi connectivity index (χ1) is 9.59. The summed E-state index contributed by atoms with van der Waals surface area (Å²) in [5.41, 5.74) is 2.24. The fourth-order valence-corrected chi connectivity index (χ4v) is 4.58. The van der Waals surface area contributed by atoms with E-state index in [1.54, 1.807) is 6.20 Å². The molecule has 0 saturated heterocycles. The SMILES string of the molecule is CC(C)n1ncc(Br)c1C(O)C1CCCc2sccc21. The average molecular weight is 355 g/mol. The van der Waals surface area contributed by atoms with Crippen molar-refractivity contribution in [1.82, 2.24) is 9.78 Å². The normalized spacial score (nSPS) is 20.1. The van der Waals surface area contributed by atoms with Gasteiger partial charge in [-0.15, -0.1) is 11.3 Å². The highest BCUT2D eigenvalue weighted by Crippen LogP contribution is 2.44. The largest absolute Gasteiger partial charge is 0.386 e. The molecule has 1 aliphatic rings. The summed E-state index contributed by atoms with van der Waals surface area (Å²) in [6, 6.07) is 2.42. The molecular weight excluding hydrogens is 336 g/mol. The second-order valence-electron chi connectivity index (χ2n) is 5.66. The van der Waals surface area contributed by atoms with Crippen LogP contribution in [0.5, 0.6) is 0 Å². The summed E-state index contributed by atoms with van der Waals surface area (Å²) < 4.78 is 2.83. The zero-order chi connectivity index (χ0) is 14.3. The lowest BCUT2D eigenvalue weighted by molar-refractivity contribution is 0.124. The smallest absolute Gasteiger partial charge is 0.104 e. The number of halogens is 1. The van der Waals surface area contributed by atoms with E-state index in [-0.39, 0.29) is 12.0 Å². The minimum atomic E-state index is -0.497. The number of rotatable bonds is 3. The molecule has 108 valence electrons. The number of aliphatic hydroxyl groups is 1. The van der Waals surface area contributed by atoms with E-state index in [1.807, 2.05) is 16.0 Å². The molecule has 20 heavy (non-hydrogen) atoms. The first kappa shape index (κ1) is 14.3. The Morgan fingerprint density at radius 2 is 2.30 bits per heavy atom. The molecule has 2 aromatic heterocycles. The van der Waals surface area contributed by atoms with Crippen LogP contribution in [0.3, 0.4) is 0 Å². The second-order valence-corrected chi connectivity index (χ2v) is 7.51. The molecule has 2 aromatic rings. The first-order valence-electron chi connectivity index (χ1n) is 7.06. The van der Waals surface area contributed by atoms with Crippen LogP contribution >= 0.6 is 27.3 Å². The van der Waals surface area contributed by atoms with E-state index < -0.39 is 6.10 Å². The van der Waals surface area contributed by atoms with Gasteiger partial charge in [-0.25, -0.2) is 0 Å². The van der Waals surface area contributed by atoms with Crippen LogP contribution in [0.2, 0.25) is 0 Å². The molecule has 3 rings (SSSR count). The van der Waals surface area contributed by atoms with Crippen molar-refractivity contribution in [3.05, 3.63) is 38.3 Å². The van der Waals surface area contributed by atoms with Crippen molar-refractivity contribution in [1.29, 1.82) is 0 Å². The van der Waals surface area contributed by atoms with Gasteiger partial charge in [-0.1, -0.05) is 0 Å². The van der Waals surface area contributed by atoms with Crippen molar-refractivity contribution in [3.63, 3.8) is 0 Å². The molecule has 0 fully saturated rings. The van der Waals surface area contributed by atoms with Gasteiger partial charge >= 0.3 is 0 Å². The molecule has 1 N–H and O–H groups in total. The molecule has 0 amide bonds. The summed E-state index contributed by atoms with van der Waals surface area (Å²) in [4.78, 5) is 1.44. The van der Waals surface area contributed by atoms with Gasteiger partial charge < -0.3 is 5.11 Å². The van der Waals surface area contributed by atoms with Gasteiger partial charge in [0.05, 0.1) is 16.4 Å². The Balaban J connectivity index is 1.99. The molecule has 2 heterocycles. The molecule has 0 aliphatic heterocycles. The Morgan fingerprint density at radius 3 is 3.05 bits per heavy atom. The van der Waals surface area contributed by atoms with Gasteiger partial charge in [0.25, 0.3) is 0 Å². The van der Waals surface area contributed by atoms with E-state index in [2.05, 4.69) is 46.3 Å². The summed E-state index contributed by atoms with van der Waals surface area (Å²) in [6.45, 7) is 4.18. The van der Waals surface area contributed by atoms with E-state index in [4.69, 9.17) is 0 Å². The number of fused-ring (bicyclic) bond motifs is 1. The number of aryl methyl sites for hydroxylation is 1. The highest BCUT2D eigenvalue weighted by atomic mass is 79.9. The topological polar surface area (TPSA) is 38.0 Å². The third kappa shape index (κ3) is 2.36. The Morgan fingerprint density at radius 1 is 1.50 bits per heavy atom. The van der Waals surface area contributed by atoms with Crippen LogP contribution in [-0.4, -0.2) is 14.9 Å². The molecule has 0 saturated carbocycles. The maximum absolute atomic E-state index is 10.9. The van der Waals surface area contributed by atoms with Crippen LogP contribution in [0.25, 0.3) is 0 Å². The van der Waals surface area contributed by atoms with Gasteiger partial charge in [-0.05, 0) is 66.0 Å². The Kier molecular flexibility index (Phi) is 4.02. The van der Waals surface area contributed by atoms with Gasteiger partial charge in [0.2, 0.25) is 0 Å². The summed E-state index contributed by atoms with van der Waals surface area (Å²) in [7, 11) is 0. The number of aromatic nitrogens is 2. The van der Waals surface area contributed by atoms with Crippen LogP contribution in [0.1, 0.15) is 60.9 Å². The number of thiophene rings is 1. The van der Waals surface area contributed by atoms with Crippen molar-refractivity contribution in [2.45, 2.75) is 51.2 Å². The molecule has 2 unspecified atom stereocenters. The van der Waals surface area contributed by atoms with Crippen LogP contribution in [0, 0.1) is 0 Å². The molecule has 2 atom stereocenters. The Bertz CT molecular complexity index is 605. The number of aliphatic hydroxyl groups excluding tert-OH is 1. The van der Waals surface area contributed by atoms with Crippen molar-refractivity contribution in [2.75, 3.05) is 0 Å². The van der Waals surface area contributed by atoms with Gasteiger partial charge in [0.15, 0.2) is 0 Å². The minimum Gasteiger partial charge on any atom is -0.386 e. The monoisotopic (exact) mass is 354 g/mol. The average Bonchev–Trinajstić information content (AvgIpc) is 3.03. The maximum atomic E-state index is 10.9. The summed E-state index contributed by atoms with van der Waals surface area (Å²) in [5.74, 6) is 0.190. The summed E-state index contributed by atoms with van der Waals surface area (Å²) in [6.07, 6.45) is 4.64. The van der Waals surface area contributed by atoms with Crippen LogP contribution in [0.4, 0.5) is 0 Å². The molecule has 0 radical (unpaired) electrons. The Labute approximate surface area is 131 Å². The van der Waals surface area contributed by atoms with E-state index in [0.717, 1.165) is 29.4 Å². The van der Waals surface area contributed by atoms with Gasteiger partial charge in [-0.3, -0.25) is 4.68 Å². The first-order valence-corrected chi connectivity index (χ1v) is 8.74. The molecule has 5 heteroatoms. The van der Waals surface area contributed by atoms with Crippen molar-refractivity contribution in [2.24, 2.45) is 0 Å².